The van der Waals surface area contributed by atoms with Crippen molar-refractivity contribution in [3.05, 3.63) is 23.9 Å². The van der Waals surface area contributed by atoms with E-state index in [2.05, 4.69) is 26.3 Å². The Morgan fingerprint density at radius 2 is 1.92 bits per heavy atom. The van der Waals surface area contributed by atoms with Crippen LogP contribution >= 0.6 is 32.9 Å². The number of nitrogens with one attached hydrogen (secondary N) is 1. The third kappa shape index (κ3) is 12.5. The second kappa shape index (κ2) is 13.4. The van der Waals surface area contributed by atoms with Gasteiger partial charge in [0.15, 0.2) is 0 Å². The summed E-state index contributed by atoms with van der Waals surface area (Å²) in [6.45, 7) is 8.90. The number of hydrogen-bond acceptors (Lipinski definition) is 6. The first-order valence-corrected chi connectivity index (χ1v) is 8.52. The van der Waals surface area contributed by atoms with Gasteiger partial charge in [-0.3, -0.25) is 5.01 Å². The van der Waals surface area contributed by atoms with E-state index in [-0.39, 0.29) is 17.0 Å². The number of carbonyl (C=O) groups is 1. The van der Waals surface area contributed by atoms with E-state index in [4.69, 9.17) is 16.2 Å². The van der Waals surface area contributed by atoms with Gasteiger partial charge in [-0.1, -0.05) is 22.0 Å². The fourth-order valence-corrected chi connectivity index (χ4v) is 1.45. The van der Waals surface area contributed by atoms with Crippen LogP contribution in [-0.4, -0.2) is 41.6 Å². The lowest BCUT2D eigenvalue weighted by Crippen LogP contribution is -2.47. The van der Waals surface area contributed by atoms with Gasteiger partial charge in [-0.25, -0.2) is 15.2 Å². The lowest BCUT2D eigenvalue weighted by Gasteiger charge is -2.26. The molecule has 24 heavy (non-hydrogen) atoms. The molecule has 0 saturated heterocycles. The van der Waals surface area contributed by atoms with Crippen LogP contribution in [0.15, 0.2) is 18.2 Å². The molecule has 7 nitrogen and oxygen atoms in total. The van der Waals surface area contributed by atoms with E-state index in [0.717, 1.165) is 17.6 Å². The number of nitrogens with two attached hydrogens (primary N) is 2. The van der Waals surface area contributed by atoms with E-state index >= 15 is 0 Å². The van der Waals surface area contributed by atoms with Crippen molar-refractivity contribution >= 4 is 44.8 Å². The lowest BCUT2D eigenvalue weighted by atomic mass is 10.2. The minimum Gasteiger partial charge on any atom is -0.443 e. The van der Waals surface area contributed by atoms with Crippen LogP contribution in [0.25, 0.3) is 0 Å². The number of alkyl halides is 1. The van der Waals surface area contributed by atoms with E-state index in [9.17, 15) is 4.79 Å². The van der Waals surface area contributed by atoms with Crippen molar-refractivity contribution in [2.24, 2.45) is 11.5 Å². The number of pyridine rings is 1. The molecule has 0 aromatic carbocycles. The normalized spacial score (nSPS) is 9.96. The van der Waals surface area contributed by atoms with Gasteiger partial charge in [0, 0.05) is 24.1 Å². The van der Waals surface area contributed by atoms with Gasteiger partial charge < -0.3 is 16.2 Å². The Bertz CT molecular complexity index is 467. The Morgan fingerprint density at radius 3 is 2.33 bits per heavy atom. The molecule has 1 aromatic heterocycles. The molecule has 9 heteroatoms. The van der Waals surface area contributed by atoms with E-state index in [1.165, 1.54) is 0 Å². The van der Waals surface area contributed by atoms with Crippen molar-refractivity contribution in [1.29, 1.82) is 0 Å². The summed E-state index contributed by atoms with van der Waals surface area (Å²) in [5, 5.41) is 2.49. The summed E-state index contributed by atoms with van der Waals surface area (Å²) in [5.41, 5.74) is 13.5. The molecule has 1 heterocycles. The molecule has 0 aliphatic carbocycles. The van der Waals surface area contributed by atoms with Crippen LogP contribution in [0.2, 0.25) is 0 Å². The zero-order valence-electron chi connectivity index (χ0n) is 14.7. The Hall–Kier alpha value is -0.900. The molecule has 0 atom stereocenters. The lowest BCUT2D eigenvalue weighted by molar-refractivity contribution is 0.0521. The molecule has 0 spiro atoms. The molecule has 0 saturated carbocycles. The van der Waals surface area contributed by atoms with Gasteiger partial charge in [0.2, 0.25) is 0 Å². The maximum atomic E-state index is 11.8. The summed E-state index contributed by atoms with van der Waals surface area (Å²) in [7, 11) is 0. The molecule has 0 unspecified atom stereocenters. The molecule has 0 bridgehead atoms. The maximum absolute atomic E-state index is 11.8. The first-order chi connectivity index (χ1) is 10.7. The monoisotopic (exact) mass is 469 g/mol. The predicted octanol–water partition coefficient (Wildman–Crippen LogP) is 2.51. The highest BCUT2D eigenvalue weighted by Gasteiger charge is 2.18. The van der Waals surface area contributed by atoms with Gasteiger partial charge in [0.25, 0.3) is 0 Å². The molecule has 0 radical (unpaired) electrons. The average molecular weight is 471 g/mol. The molecular formula is C15H29Br2N5O2. The van der Waals surface area contributed by atoms with Crippen LogP contribution < -0.4 is 21.9 Å². The number of anilines is 1. The van der Waals surface area contributed by atoms with Gasteiger partial charge in [-0.2, -0.15) is 0 Å². The number of halogens is 2. The number of hydrazine groups is 1. The Labute approximate surface area is 163 Å². The highest BCUT2D eigenvalue weighted by atomic mass is 79.9. The number of nitrogens with zero attached hydrogens (tertiary/aromatic N) is 2. The molecule has 1 amide bonds. The van der Waals surface area contributed by atoms with Crippen molar-refractivity contribution in [1.82, 2.24) is 10.4 Å². The largest absolute Gasteiger partial charge is 0.443 e. The summed E-state index contributed by atoms with van der Waals surface area (Å²) in [6.07, 6.45) is -0.524. The van der Waals surface area contributed by atoms with E-state index < -0.39 is 11.7 Å². The zero-order chi connectivity index (χ0) is 17.9. The van der Waals surface area contributed by atoms with Gasteiger partial charge in [0.05, 0.1) is 6.54 Å². The minimum atomic E-state index is -0.543. The van der Waals surface area contributed by atoms with Crippen molar-refractivity contribution in [3.8, 4) is 0 Å². The standard InChI is InChI=1S/C13H22N4O2.C2H6BrN.BrH/c1-10-6-5-7-11(15-10)17(9-8-14)16-12(18)19-13(2,3)4;3-1-2-4;/h5-7H,8-9,14H2,1-4H3,(H,16,18);1-2,4H2;1H. The first-order valence-electron chi connectivity index (χ1n) is 7.40. The number of ether oxygens (including phenoxy) is 1. The summed E-state index contributed by atoms with van der Waals surface area (Å²) in [5.74, 6) is 0.635. The second-order valence-corrected chi connectivity index (χ2v) is 6.46. The molecule has 0 aliphatic rings. The summed E-state index contributed by atoms with van der Waals surface area (Å²) >= 11 is 3.12. The summed E-state index contributed by atoms with van der Waals surface area (Å²) in [4.78, 5) is 16.1. The van der Waals surface area contributed by atoms with Crippen molar-refractivity contribution < 1.29 is 9.53 Å². The number of carbonyl (C=O) groups excluding carboxylic acids is 1. The Morgan fingerprint density at radius 1 is 1.33 bits per heavy atom. The molecular weight excluding hydrogens is 442 g/mol. The summed E-state index contributed by atoms with van der Waals surface area (Å²) in [6, 6.07) is 5.57. The second-order valence-electron chi connectivity index (χ2n) is 5.67. The highest BCUT2D eigenvalue weighted by Crippen LogP contribution is 2.10. The molecule has 0 fully saturated rings. The quantitative estimate of drug-likeness (QED) is 0.450. The molecule has 5 N–H and O–H groups in total. The van der Waals surface area contributed by atoms with Crippen LogP contribution in [0.1, 0.15) is 26.5 Å². The molecule has 140 valence electrons. The van der Waals surface area contributed by atoms with Crippen molar-refractivity contribution in [3.63, 3.8) is 0 Å². The number of amides is 1. The van der Waals surface area contributed by atoms with Crippen LogP contribution in [0, 0.1) is 6.92 Å². The van der Waals surface area contributed by atoms with E-state index in [1.54, 1.807) is 11.1 Å². The number of aromatic nitrogens is 1. The Kier molecular flexibility index (Phi) is 14.1. The van der Waals surface area contributed by atoms with Crippen molar-refractivity contribution in [2.75, 3.05) is 30.0 Å². The number of hydrogen-bond donors (Lipinski definition) is 3. The first kappa shape index (κ1) is 25.3. The fourth-order valence-electron chi connectivity index (χ4n) is 1.45. The minimum absolute atomic E-state index is 0. The Balaban J connectivity index is 0. The maximum Gasteiger partial charge on any atom is 0.426 e. The molecule has 0 aliphatic heterocycles. The number of rotatable bonds is 5. The SMILES string of the molecule is Br.Cc1cccc(N(CCN)NC(=O)OC(C)(C)C)n1.NCCBr. The number of aryl methyl sites for hydroxylation is 1. The van der Waals surface area contributed by atoms with Crippen LogP contribution in [0.3, 0.4) is 0 Å². The van der Waals surface area contributed by atoms with Crippen molar-refractivity contribution in [2.45, 2.75) is 33.3 Å². The van der Waals surface area contributed by atoms with Crippen LogP contribution in [-0.2, 0) is 4.74 Å². The highest BCUT2D eigenvalue weighted by molar-refractivity contribution is 9.09. The molecule has 1 aromatic rings. The predicted molar refractivity (Wildman–Crippen MR) is 108 cm³/mol. The fraction of sp³-hybridized carbons (Fsp3) is 0.600. The average Bonchev–Trinajstić information content (AvgIpc) is 2.45. The summed E-state index contributed by atoms with van der Waals surface area (Å²) < 4.78 is 5.21. The third-order valence-electron chi connectivity index (χ3n) is 2.24. The topological polar surface area (TPSA) is 106 Å². The van der Waals surface area contributed by atoms with Gasteiger partial charge in [-0.05, 0) is 39.8 Å². The molecule has 1 rings (SSSR count). The van der Waals surface area contributed by atoms with Gasteiger partial charge in [0.1, 0.15) is 11.4 Å². The van der Waals surface area contributed by atoms with Crippen LogP contribution in [0.4, 0.5) is 10.6 Å². The van der Waals surface area contributed by atoms with Crippen LogP contribution in [0.5, 0.6) is 0 Å². The van der Waals surface area contributed by atoms with E-state index in [0.29, 0.717) is 18.9 Å². The van der Waals surface area contributed by atoms with Gasteiger partial charge >= 0.3 is 6.09 Å². The smallest absolute Gasteiger partial charge is 0.426 e. The van der Waals surface area contributed by atoms with E-state index in [1.807, 2.05) is 39.8 Å². The zero-order valence-corrected chi connectivity index (χ0v) is 18.0. The third-order valence-corrected chi connectivity index (χ3v) is 2.69. The van der Waals surface area contributed by atoms with Gasteiger partial charge in [-0.15, -0.1) is 17.0 Å².